The summed E-state index contributed by atoms with van der Waals surface area (Å²) in [5, 5.41) is 17.6. The molecule has 1 aromatic carbocycles. The van der Waals surface area contributed by atoms with Gasteiger partial charge in [0.25, 0.3) is 11.5 Å². The largest absolute Gasteiger partial charge is 0.474 e. The number of nitrogens with zero attached hydrogens (tertiary/aromatic N) is 3. The van der Waals surface area contributed by atoms with Crippen LogP contribution in [0.15, 0.2) is 41.3 Å². The second-order valence-corrected chi connectivity index (χ2v) is 10.6. The van der Waals surface area contributed by atoms with Crippen LogP contribution in [0, 0.1) is 11.3 Å². The van der Waals surface area contributed by atoms with Crippen LogP contribution in [-0.2, 0) is 30.0 Å². The van der Waals surface area contributed by atoms with Crippen LogP contribution in [0.1, 0.15) is 46.8 Å². The van der Waals surface area contributed by atoms with E-state index in [1.807, 2.05) is 13.0 Å². The number of hydrogen-bond donors (Lipinski definition) is 2. The molecular formula is C24H25N5O5S. The highest BCUT2D eigenvalue weighted by atomic mass is 32.2. The van der Waals surface area contributed by atoms with Crippen molar-refractivity contribution >= 4 is 26.8 Å². The Bertz CT molecular complexity index is 1520. The topological polar surface area (TPSA) is 157 Å². The number of amides is 1. The van der Waals surface area contributed by atoms with Crippen LogP contribution in [0.5, 0.6) is 5.88 Å². The van der Waals surface area contributed by atoms with E-state index in [4.69, 9.17) is 15.1 Å². The van der Waals surface area contributed by atoms with Gasteiger partial charge in [-0.25, -0.2) is 18.5 Å². The Kier molecular flexibility index (Phi) is 6.36. The molecule has 10 nitrogen and oxygen atoms in total. The molecule has 0 bridgehead atoms. The Labute approximate surface area is 202 Å². The molecule has 1 saturated carbocycles. The van der Waals surface area contributed by atoms with E-state index in [-0.39, 0.29) is 24.6 Å². The van der Waals surface area contributed by atoms with Crippen LogP contribution in [-0.4, -0.2) is 35.2 Å². The molecule has 3 N–H and O–H groups in total. The number of pyridine rings is 2. The van der Waals surface area contributed by atoms with Gasteiger partial charge in [-0.3, -0.25) is 9.59 Å². The fourth-order valence-corrected chi connectivity index (χ4v) is 4.78. The third kappa shape index (κ3) is 4.62. The van der Waals surface area contributed by atoms with Gasteiger partial charge in [0, 0.05) is 25.2 Å². The molecule has 1 aliphatic carbocycles. The monoisotopic (exact) mass is 495 g/mol. The van der Waals surface area contributed by atoms with Crippen molar-refractivity contribution in [2.24, 2.45) is 12.2 Å². The zero-order valence-corrected chi connectivity index (χ0v) is 20.2. The normalized spacial score (nSPS) is 14.3. The van der Waals surface area contributed by atoms with Gasteiger partial charge in [0.15, 0.2) is 0 Å². The van der Waals surface area contributed by atoms with Gasteiger partial charge in [-0.2, -0.15) is 5.26 Å². The van der Waals surface area contributed by atoms with E-state index in [0.29, 0.717) is 35.7 Å². The number of sulfonamides is 1. The Morgan fingerprint density at radius 3 is 2.57 bits per heavy atom. The number of fused-ring (bicyclic) bond motifs is 1. The van der Waals surface area contributed by atoms with Crippen molar-refractivity contribution in [2.45, 2.75) is 37.5 Å². The van der Waals surface area contributed by atoms with Gasteiger partial charge in [-0.1, -0.05) is 19.1 Å². The summed E-state index contributed by atoms with van der Waals surface area (Å²) in [6.45, 7) is 1.94. The smallest absolute Gasteiger partial charge is 0.263 e. The van der Waals surface area contributed by atoms with Gasteiger partial charge >= 0.3 is 0 Å². The van der Waals surface area contributed by atoms with E-state index in [9.17, 15) is 18.0 Å². The summed E-state index contributed by atoms with van der Waals surface area (Å²) in [6, 6.07) is 10.3. The predicted octanol–water partition coefficient (Wildman–Crippen LogP) is 1.50. The number of nitrogens with two attached hydrogens (primary N) is 1. The first-order valence-electron chi connectivity index (χ1n) is 11.0. The van der Waals surface area contributed by atoms with Crippen molar-refractivity contribution in [2.75, 3.05) is 6.61 Å². The Hall–Kier alpha value is -3.75. The van der Waals surface area contributed by atoms with Crippen molar-refractivity contribution in [3.8, 4) is 11.9 Å². The summed E-state index contributed by atoms with van der Waals surface area (Å²) in [5.41, 5.74) is 1.90. The summed E-state index contributed by atoms with van der Waals surface area (Å²) in [4.78, 5) is 30.3. The zero-order valence-electron chi connectivity index (χ0n) is 19.4. The number of aromatic nitrogens is 2. The lowest BCUT2D eigenvalue weighted by Gasteiger charge is -2.17. The number of ether oxygens (including phenoxy) is 1. The van der Waals surface area contributed by atoms with E-state index in [0.717, 1.165) is 11.1 Å². The minimum absolute atomic E-state index is 0.0382. The first kappa shape index (κ1) is 24.4. The molecule has 1 aliphatic rings. The van der Waals surface area contributed by atoms with Crippen molar-refractivity contribution < 1.29 is 17.9 Å². The molecule has 2 heterocycles. The molecular weight excluding hydrogens is 470 g/mol. The molecule has 1 fully saturated rings. The van der Waals surface area contributed by atoms with Crippen molar-refractivity contribution in [3.05, 3.63) is 69.1 Å². The highest BCUT2D eigenvalue weighted by Crippen LogP contribution is 2.42. The molecule has 11 heteroatoms. The highest BCUT2D eigenvalue weighted by molar-refractivity contribution is 7.90. The van der Waals surface area contributed by atoms with Gasteiger partial charge < -0.3 is 14.6 Å². The molecule has 1 amide bonds. The second-order valence-electron chi connectivity index (χ2n) is 8.63. The van der Waals surface area contributed by atoms with Crippen LogP contribution in [0.2, 0.25) is 0 Å². The van der Waals surface area contributed by atoms with Gasteiger partial charge in [0.05, 0.1) is 11.6 Å². The lowest BCUT2D eigenvalue weighted by atomic mass is 10.1. The molecule has 182 valence electrons. The Morgan fingerprint density at radius 1 is 1.31 bits per heavy atom. The Balaban J connectivity index is 1.66. The molecule has 4 rings (SSSR count). The van der Waals surface area contributed by atoms with Crippen LogP contribution < -0.4 is 20.8 Å². The zero-order chi connectivity index (χ0) is 25.4. The third-order valence-corrected chi connectivity index (χ3v) is 8.08. The SMILES string of the molecule is CCc1cnc(OCC2(S(N)(=O)=O)CC2)c2c1cc(C(=O)NCc1ccc(C#N)cc1)c(=O)n2C. The van der Waals surface area contributed by atoms with Crippen molar-refractivity contribution in [3.63, 3.8) is 0 Å². The molecule has 0 atom stereocenters. The third-order valence-electron chi connectivity index (χ3n) is 6.35. The number of hydrogen-bond acceptors (Lipinski definition) is 7. The van der Waals surface area contributed by atoms with Crippen LogP contribution in [0.4, 0.5) is 0 Å². The lowest BCUT2D eigenvalue weighted by Crippen LogP contribution is -2.36. The number of primary sulfonamides is 1. The van der Waals surface area contributed by atoms with E-state index >= 15 is 0 Å². The fourth-order valence-electron chi connectivity index (χ4n) is 3.88. The predicted molar refractivity (Wildman–Crippen MR) is 129 cm³/mol. The number of nitrogens with one attached hydrogen (secondary N) is 1. The minimum atomic E-state index is -3.79. The standard InChI is InChI=1S/C24H25N5O5S/c1-3-17-13-28-22(34-14-24(8-9-24)35(26,32)33)20-18(17)10-19(23(31)29(20)2)21(30)27-12-16-6-4-15(11-25)5-7-16/h4-7,10,13H,3,8-9,12,14H2,1-2H3,(H,27,30)(H2,26,32,33). The lowest BCUT2D eigenvalue weighted by molar-refractivity contribution is 0.0949. The van der Waals surface area contributed by atoms with E-state index in [1.54, 1.807) is 30.5 Å². The maximum absolute atomic E-state index is 13.1. The summed E-state index contributed by atoms with van der Waals surface area (Å²) < 4.78 is 29.7. The summed E-state index contributed by atoms with van der Waals surface area (Å²) in [7, 11) is -2.27. The average Bonchev–Trinajstić information content (AvgIpc) is 3.65. The molecule has 35 heavy (non-hydrogen) atoms. The quantitative estimate of drug-likeness (QED) is 0.479. The first-order chi connectivity index (χ1) is 16.6. The van der Waals surface area contributed by atoms with Crippen molar-refractivity contribution in [1.29, 1.82) is 5.26 Å². The van der Waals surface area contributed by atoms with Crippen LogP contribution in [0.3, 0.4) is 0 Å². The number of rotatable bonds is 8. The van der Waals surface area contributed by atoms with Gasteiger partial charge in [-0.15, -0.1) is 0 Å². The molecule has 0 saturated heterocycles. The van der Waals surface area contributed by atoms with Gasteiger partial charge in [-0.05, 0) is 48.6 Å². The average molecular weight is 496 g/mol. The fraction of sp³-hybridized carbons (Fsp3) is 0.333. The maximum atomic E-state index is 13.1. The van der Waals surface area contributed by atoms with E-state index in [1.165, 1.54) is 17.7 Å². The molecule has 0 spiro atoms. The number of carbonyl (C=O) groups excluding carboxylic acids is 1. The highest BCUT2D eigenvalue weighted by Gasteiger charge is 2.54. The molecule has 0 aliphatic heterocycles. The molecule has 0 radical (unpaired) electrons. The Morgan fingerprint density at radius 2 is 2.00 bits per heavy atom. The van der Waals surface area contributed by atoms with Gasteiger partial charge in [0.1, 0.15) is 22.4 Å². The first-order valence-corrected chi connectivity index (χ1v) is 12.6. The van der Waals surface area contributed by atoms with E-state index < -0.39 is 26.2 Å². The number of benzene rings is 1. The number of nitriles is 1. The maximum Gasteiger partial charge on any atom is 0.263 e. The number of carbonyl (C=O) groups is 1. The molecule has 0 unspecified atom stereocenters. The minimum Gasteiger partial charge on any atom is -0.474 e. The summed E-state index contributed by atoms with van der Waals surface area (Å²) in [6.07, 6.45) is 2.99. The van der Waals surface area contributed by atoms with Crippen LogP contribution in [0.25, 0.3) is 10.9 Å². The van der Waals surface area contributed by atoms with Crippen LogP contribution >= 0.6 is 0 Å². The van der Waals surface area contributed by atoms with E-state index in [2.05, 4.69) is 10.3 Å². The number of aryl methyl sites for hydroxylation is 2. The second kappa shape index (κ2) is 9.13. The molecule has 2 aromatic heterocycles. The summed E-state index contributed by atoms with van der Waals surface area (Å²) in [5.74, 6) is -0.430. The van der Waals surface area contributed by atoms with Crippen molar-refractivity contribution in [1.82, 2.24) is 14.9 Å². The van der Waals surface area contributed by atoms with Gasteiger partial charge in [0.2, 0.25) is 15.9 Å². The molecule has 3 aromatic rings. The summed E-state index contributed by atoms with van der Waals surface area (Å²) >= 11 is 0.